The van der Waals surface area contributed by atoms with Crippen molar-refractivity contribution < 1.29 is 0 Å². The summed E-state index contributed by atoms with van der Waals surface area (Å²) in [5, 5.41) is 3.62. The summed E-state index contributed by atoms with van der Waals surface area (Å²) in [4.78, 5) is 0. The summed E-state index contributed by atoms with van der Waals surface area (Å²) >= 11 is 0. The zero-order valence-corrected chi connectivity index (χ0v) is 13.4. The van der Waals surface area contributed by atoms with Crippen LogP contribution >= 0.6 is 0 Å². The molecule has 1 rings (SSSR count). The van der Waals surface area contributed by atoms with Crippen molar-refractivity contribution in [2.24, 2.45) is 16.6 Å². The highest BCUT2D eigenvalue weighted by molar-refractivity contribution is 5.02. The third kappa shape index (κ3) is 4.55. The summed E-state index contributed by atoms with van der Waals surface area (Å²) < 4.78 is 0. The van der Waals surface area contributed by atoms with E-state index in [1.54, 1.807) is 0 Å². The maximum absolute atomic E-state index is 6.70. The van der Waals surface area contributed by atoms with Gasteiger partial charge in [0, 0.05) is 18.1 Å². The number of rotatable bonds is 5. The molecule has 0 saturated heterocycles. The number of hydrogen-bond donors (Lipinski definition) is 2. The van der Waals surface area contributed by atoms with Gasteiger partial charge in [-0.3, -0.25) is 0 Å². The van der Waals surface area contributed by atoms with Crippen LogP contribution in [0.5, 0.6) is 0 Å². The van der Waals surface area contributed by atoms with Crippen LogP contribution in [0.1, 0.15) is 73.6 Å². The van der Waals surface area contributed by atoms with Gasteiger partial charge in [-0.1, -0.05) is 48.0 Å². The van der Waals surface area contributed by atoms with Crippen LogP contribution in [-0.2, 0) is 0 Å². The van der Waals surface area contributed by atoms with Gasteiger partial charge in [0.05, 0.1) is 0 Å². The normalized spacial score (nSPS) is 36.0. The minimum Gasteiger partial charge on any atom is -0.325 e. The zero-order valence-electron chi connectivity index (χ0n) is 13.4. The first kappa shape index (κ1) is 16.0. The van der Waals surface area contributed by atoms with E-state index in [0.29, 0.717) is 16.9 Å². The van der Waals surface area contributed by atoms with Gasteiger partial charge in [0.2, 0.25) is 0 Å². The van der Waals surface area contributed by atoms with Crippen LogP contribution in [0.15, 0.2) is 0 Å². The summed E-state index contributed by atoms with van der Waals surface area (Å²) in [6.07, 6.45) is 5.97. The highest BCUT2D eigenvalue weighted by atomic mass is 14.9. The maximum Gasteiger partial charge on any atom is 0.0165 e. The zero-order chi connectivity index (χ0) is 14.0. The summed E-state index contributed by atoms with van der Waals surface area (Å²) in [6.45, 7) is 15.0. The van der Waals surface area contributed by atoms with Crippen molar-refractivity contribution in [1.82, 2.24) is 5.32 Å². The molecule has 0 aliphatic heterocycles. The molecule has 2 atom stereocenters. The molecule has 1 saturated carbocycles. The Morgan fingerprint density at radius 1 is 1.11 bits per heavy atom. The molecule has 1 aliphatic rings. The Bertz CT molecular complexity index is 272. The third-order valence-electron chi connectivity index (χ3n) is 4.20. The lowest BCUT2D eigenvalue weighted by atomic mass is 9.57. The Balaban J connectivity index is 2.79. The molecule has 0 heterocycles. The van der Waals surface area contributed by atoms with E-state index < -0.39 is 0 Å². The van der Waals surface area contributed by atoms with E-state index in [1.165, 1.54) is 19.3 Å². The van der Waals surface area contributed by atoms with Gasteiger partial charge in [0.15, 0.2) is 0 Å². The highest BCUT2D eigenvalue weighted by Crippen LogP contribution is 2.50. The second kappa shape index (κ2) is 5.50. The first-order valence-corrected chi connectivity index (χ1v) is 7.62. The second-order valence-electron chi connectivity index (χ2n) is 8.15. The van der Waals surface area contributed by atoms with Crippen molar-refractivity contribution >= 4 is 0 Å². The first-order valence-electron chi connectivity index (χ1n) is 7.62. The van der Waals surface area contributed by atoms with E-state index in [4.69, 9.17) is 5.73 Å². The van der Waals surface area contributed by atoms with E-state index in [0.717, 1.165) is 19.4 Å². The van der Waals surface area contributed by atoms with Crippen molar-refractivity contribution in [3.63, 3.8) is 0 Å². The molecule has 0 aromatic heterocycles. The molecule has 0 bridgehead atoms. The van der Waals surface area contributed by atoms with Crippen molar-refractivity contribution in [2.75, 3.05) is 6.54 Å². The molecule has 2 unspecified atom stereocenters. The van der Waals surface area contributed by atoms with Gasteiger partial charge in [0.1, 0.15) is 0 Å². The molecule has 0 radical (unpaired) electrons. The summed E-state index contributed by atoms with van der Waals surface area (Å²) in [6, 6.07) is 0.560. The summed E-state index contributed by atoms with van der Waals surface area (Å²) in [5.74, 6) is 0. The Kier molecular flexibility index (Phi) is 4.88. The fourth-order valence-corrected chi connectivity index (χ4v) is 4.40. The Hall–Kier alpha value is -0.0800. The molecule has 0 aromatic rings. The standard InChI is InChI=1S/C16H34N2/c1-7-8-16(17)10-14(4,5)9-15(6,11-16)12-18-13(2)3/h13,18H,7-12,17H2,1-6H3. The lowest BCUT2D eigenvalue weighted by Crippen LogP contribution is -2.55. The van der Waals surface area contributed by atoms with Crippen LogP contribution < -0.4 is 11.1 Å². The molecule has 2 heteroatoms. The predicted octanol–water partition coefficient (Wildman–Crippen LogP) is 3.70. The monoisotopic (exact) mass is 254 g/mol. The number of nitrogens with one attached hydrogen (secondary N) is 1. The van der Waals surface area contributed by atoms with Gasteiger partial charge in [0.25, 0.3) is 0 Å². The van der Waals surface area contributed by atoms with Crippen molar-refractivity contribution in [2.45, 2.75) is 85.2 Å². The lowest BCUT2D eigenvalue weighted by molar-refractivity contribution is 0.0310. The molecule has 3 N–H and O–H groups in total. The van der Waals surface area contributed by atoms with E-state index in [-0.39, 0.29) is 5.54 Å². The Labute approximate surface area is 114 Å². The van der Waals surface area contributed by atoms with Crippen molar-refractivity contribution in [3.05, 3.63) is 0 Å². The molecule has 0 spiro atoms. The minimum atomic E-state index is 0.0455. The maximum atomic E-state index is 6.70. The minimum absolute atomic E-state index is 0.0455. The van der Waals surface area contributed by atoms with Gasteiger partial charge < -0.3 is 11.1 Å². The highest BCUT2D eigenvalue weighted by Gasteiger charge is 2.46. The van der Waals surface area contributed by atoms with Gasteiger partial charge in [-0.15, -0.1) is 0 Å². The molecule has 1 fully saturated rings. The molecular weight excluding hydrogens is 220 g/mol. The molecule has 1 aliphatic carbocycles. The fraction of sp³-hybridized carbons (Fsp3) is 1.00. The molecule has 0 aromatic carbocycles. The van der Waals surface area contributed by atoms with Gasteiger partial charge in [-0.25, -0.2) is 0 Å². The van der Waals surface area contributed by atoms with Crippen LogP contribution in [0.3, 0.4) is 0 Å². The van der Waals surface area contributed by atoms with Crippen molar-refractivity contribution in [3.8, 4) is 0 Å². The molecular formula is C16H34N2. The van der Waals surface area contributed by atoms with Crippen LogP contribution in [0.4, 0.5) is 0 Å². The summed E-state index contributed by atoms with van der Waals surface area (Å²) in [7, 11) is 0. The van der Waals surface area contributed by atoms with Crippen LogP contribution in [0.25, 0.3) is 0 Å². The van der Waals surface area contributed by atoms with Crippen LogP contribution in [-0.4, -0.2) is 18.1 Å². The van der Waals surface area contributed by atoms with Gasteiger partial charge in [-0.2, -0.15) is 0 Å². The van der Waals surface area contributed by atoms with E-state index in [1.807, 2.05) is 0 Å². The second-order valence-corrected chi connectivity index (χ2v) is 8.15. The molecule has 0 amide bonds. The lowest BCUT2D eigenvalue weighted by Gasteiger charge is -2.52. The smallest absolute Gasteiger partial charge is 0.0165 e. The van der Waals surface area contributed by atoms with E-state index in [9.17, 15) is 0 Å². The first-order chi connectivity index (χ1) is 8.10. The summed E-state index contributed by atoms with van der Waals surface area (Å²) in [5.41, 5.74) is 7.46. The van der Waals surface area contributed by atoms with Gasteiger partial charge >= 0.3 is 0 Å². The largest absolute Gasteiger partial charge is 0.325 e. The molecule has 18 heavy (non-hydrogen) atoms. The fourth-order valence-electron chi connectivity index (χ4n) is 4.40. The number of hydrogen-bond acceptors (Lipinski definition) is 2. The quantitative estimate of drug-likeness (QED) is 0.785. The van der Waals surface area contributed by atoms with Gasteiger partial charge in [-0.05, 0) is 36.5 Å². The topological polar surface area (TPSA) is 38.0 Å². The molecule has 108 valence electrons. The van der Waals surface area contributed by atoms with Crippen molar-refractivity contribution in [1.29, 1.82) is 0 Å². The van der Waals surface area contributed by atoms with Crippen LogP contribution in [0.2, 0.25) is 0 Å². The average Bonchev–Trinajstić information content (AvgIpc) is 2.10. The SMILES string of the molecule is CCCC1(N)CC(C)(C)CC(C)(CNC(C)C)C1. The predicted molar refractivity (Wildman–Crippen MR) is 80.7 cm³/mol. The molecule has 2 nitrogen and oxygen atoms in total. The van der Waals surface area contributed by atoms with E-state index >= 15 is 0 Å². The number of nitrogens with two attached hydrogens (primary N) is 1. The van der Waals surface area contributed by atoms with Crippen LogP contribution in [0, 0.1) is 10.8 Å². The Morgan fingerprint density at radius 2 is 1.72 bits per heavy atom. The van der Waals surface area contributed by atoms with E-state index in [2.05, 4.69) is 46.9 Å². The Morgan fingerprint density at radius 3 is 2.22 bits per heavy atom. The average molecular weight is 254 g/mol. The third-order valence-corrected chi connectivity index (χ3v) is 4.20.